The normalized spacial score (nSPS) is 18.1. The second-order valence-electron chi connectivity index (χ2n) is 4.71. The number of anilines is 1. The van der Waals surface area contributed by atoms with E-state index < -0.39 is 23.3 Å². The van der Waals surface area contributed by atoms with Gasteiger partial charge in [-0.1, -0.05) is 0 Å². The Morgan fingerprint density at radius 1 is 1.35 bits per heavy atom. The van der Waals surface area contributed by atoms with Gasteiger partial charge in [-0.15, -0.1) is 0 Å². The minimum absolute atomic E-state index is 0.0884. The van der Waals surface area contributed by atoms with E-state index in [0.717, 1.165) is 9.13 Å². The number of carbonyl (C=O) groups is 1. The van der Waals surface area contributed by atoms with Crippen molar-refractivity contribution in [3.05, 3.63) is 26.4 Å². The van der Waals surface area contributed by atoms with Crippen LogP contribution < -0.4 is 16.1 Å². The molecule has 1 fully saturated rings. The number of nitrogens with zero attached hydrogens (tertiary/aromatic N) is 4. The topological polar surface area (TPSA) is 108 Å². The van der Waals surface area contributed by atoms with Crippen LogP contribution in [0.5, 0.6) is 0 Å². The molecule has 1 N–H and O–H groups in total. The van der Waals surface area contributed by atoms with E-state index >= 15 is 0 Å². The molecule has 106 valence electrons. The van der Waals surface area contributed by atoms with Gasteiger partial charge in [-0.25, -0.2) is 9.59 Å². The summed E-state index contributed by atoms with van der Waals surface area (Å²) in [6, 6.07) is 0.962. The van der Waals surface area contributed by atoms with Crippen molar-refractivity contribution in [1.82, 2.24) is 9.13 Å². The molecule has 8 nitrogen and oxygen atoms in total. The van der Waals surface area contributed by atoms with Crippen molar-refractivity contribution in [2.24, 2.45) is 14.1 Å². The second-order valence-corrected chi connectivity index (χ2v) is 4.71. The molecular weight excluding hydrogens is 264 g/mol. The molecule has 1 aliphatic rings. The molecule has 0 aliphatic carbocycles. The number of nitriles is 1. The van der Waals surface area contributed by atoms with E-state index in [1.165, 1.54) is 19.0 Å². The van der Waals surface area contributed by atoms with Gasteiger partial charge in [0.2, 0.25) is 0 Å². The Balaban J connectivity index is 2.75. The molecule has 1 aliphatic heterocycles. The van der Waals surface area contributed by atoms with E-state index in [1.807, 2.05) is 0 Å². The molecule has 0 radical (unpaired) electrons. The van der Waals surface area contributed by atoms with Gasteiger partial charge in [0.25, 0.3) is 5.56 Å². The fourth-order valence-electron chi connectivity index (χ4n) is 2.54. The minimum Gasteiger partial charge on any atom is -0.480 e. The summed E-state index contributed by atoms with van der Waals surface area (Å²) in [5, 5.41) is 18.4. The van der Waals surface area contributed by atoms with Crippen LogP contribution in [0.4, 0.5) is 5.82 Å². The standard InChI is InChI=1S/C12H14N4O4/c1-14-9(16-5-3-4-8(16)11(18)19)7(6-13)10(17)15(2)12(14)20/h8H,3-5H2,1-2H3,(H,18,19)/t8-/m1/s1. The summed E-state index contributed by atoms with van der Waals surface area (Å²) in [4.78, 5) is 36.6. The van der Waals surface area contributed by atoms with Crippen molar-refractivity contribution >= 4 is 11.8 Å². The van der Waals surface area contributed by atoms with Crippen LogP contribution in [-0.2, 0) is 18.9 Å². The summed E-state index contributed by atoms with van der Waals surface area (Å²) in [6.45, 7) is 0.395. The molecule has 0 saturated carbocycles. The van der Waals surface area contributed by atoms with Crippen LogP contribution in [0.15, 0.2) is 9.59 Å². The maximum atomic E-state index is 12.0. The predicted molar refractivity (Wildman–Crippen MR) is 69.6 cm³/mol. The van der Waals surface area contributed by atoms with E-state index in [0.29, 0.717) is 19.4 Å². The first-order chi connectivity index (χ1) is 9.40. The summed E-state index contributed by atoms with van der Waals surface area (Å²) in [5.74, 6) is -0.940. The summed E-state index contributed by atoms with van der Waals surface area (Å²) in [5.41, 5.74) is -1.50. The molecular formula is C12H14N4O4. The van der Waals surface area contributed by atoms with Gasteiger partial charge in [-0.05, 0) is 12.8 Å². The van der Waals surface area contributed by atoms with Crippen molar-refractivity contribution < 1.29 is 9.90 Å². The Morgan fingerprint density at radius 3 is 2.55 bits per heavy atom. The molecule has 0 unspecified atom stereocenters. The molecule has 0 bridgehead atoms. The molecule has 2 heterocycles. The lowest BCUT2D eigenvalue weighted by atomic mass is 10.2. The fourth-order valence-corrected chi connectivity index (χ4v) is 2.54. The third-order valence-electron chi connectivity index (χ3n) is 3.56. The van der Waals surface area contributed by atoms with E-state index in [2.05, 4.69) is 0 Å². The Bertz CT molecular complexity index is 725. The zero-order valence-corrected chi connectivity index (χ0v) is 11.2. The zero-order chi connectivity index (χ0) is 15.0. The summed E-state index contributed by atoms with van der Waals surface area (Å²) in [6.07, 6.45) is 1.05. The zero-order valence-electron chi connectivity index (χ0n) is 11.2. The quantitative estimate of drug-likeness (QED) is 0.744. The van der Waals surface area contributed by atoms with E-state index in [9.17, 15) is 24.8 Å². The van der Waals surface area contributed by atoms with Gasteiger partial charge < -0.3 is 10.0 Å². The third kappa shape index (κ3) is 1.87. The van der Waals surface area contributed by atoms with Gasteiger partial charge in [0, 0.05) is 20.6 Å². The van der Waals surface area contributed by atoms with E-state index in [-0.39, 0.29) is 11.4 Å². The van der Waals surface area contributed by atoms with Crippen LogP contribution in [0, 0.1) is 11.3 Å². The third-order valence-corrected chi connectivity index (χ3v) is 3.56. The molecule has 1 atom stereocenters. The minimum atomic E-state index is -1.03. The fraction of sp³-hybridized carbons (Fsp3) is 0.500. The van der Waals surface area contributed by atoms with E-state index in [1.54, 1.807) is 6.07 Å². The Morgan fingerprint density at radius 2 is 2.00 bits per heavy atom. The van der Waals surface area contributed by atoms with Crippen molar-refractivity contribution in [3.63, 3.8) is 0 Å². The SMILES string of the molecule is Cn1c(N2CCC[C@@H]2C(=O)O)c(C#N)c(=O)n(C)c1=O. The Hall–Kier alpha value is -2.56. The summed E-state index contributed by atoms with van der Waals surface area (Å²) >= 11 is 0. The molecule has 1 aromatic heterocycles. The molecule has 0 amide bonds. The Kier molecular flexibility index (Phi) is 3.36. The lowest BCUT2D eigenvalue weighted by Crippen LogP contribution is -2.45. The average molecular weight is 278 g/mol. The molecule has 0 aromatic carbocycles. The van der Waals surface area contributed by atoms with Crippen molar-refractivity contribution in [3.8, 4) is 6.07 Å². The highest BCUT2D eigenvalue weighted by atomic mass is 16.4. The first-order valence-corrected chi connectivity index (χ1v) is 6.09. The number of aromatic nitrogens is 2. The molecule has 8 heteroatoms. The molecule has 20 heavy (non-hydrogen) atoms. The highest BCUT2D eigenvalue weighted by Gasteiger charge is 2.34. The lowest BCUT2D eigenvalue weighted by Gasteiger charge is -2.26. The number of hydrogen-bond acceptors (Lipinski definition) is 5. The predicted octanol–water partition coefficient (Wildman–Crippen LogP) is -0.991. The molecule has 1 saturated heterocycles. The van der Waals surface area contributed by atoms with Crippen LogP contribution in [0.25, 0.3) is 0 Å². The first kappa shape index (κ1) is 13.9. The number of carboxylic acid groups (broad SMARTS) is 1. The maximum absolute atomic E-state index is 12.0. The lowest BCUT2D eigenvalue weighted by molar-refractivity contribution is -0.138. The van der Waals surface area contributed by atoms with Crippen LogP contribution >= 0.6 is 0 Å². The molecule has 2 rings (SSSR count). The summed E-state index contributed by atoms with van der Waals surface area (Å²) < 4.78 is 2.00. The molecule has 0 spiro atoms. The van der Waals surface area contributed by atoms with Crippen LogP contribution in [-0.4, -0.2) is 32.8 Å². The van der Waals surface area contributed by atoms with Crippen molar-refractivity contribution in [2.75, 3.05) is 11.4 Å². The maximum Gasteiger partial charge on any atom is 0.332 e. The number of carboxylic acids is 1. The van der Waals surface area contributed by atoms with Gasteiger partial charge in [0.05, 0.1) is 0 Å². The van der Waals surface area contributed by atoms with Gasteiger partial charge in [0.1, 0.15) is 17.9 Å². The highest BCUT2D eigenvalue weighted by Crippen LogP contribution is 2.25. The molecule has 1 aromatic rings. The van der Waals surface area contributed by atoms with E-state index in [4.69, 9.17) is 0 Å². The Labute approximate surface area is 114 Å². The average Bonchev–Trinajstić information content (AvgIpc) is 2.89. The van der Waals surface area contributed by atoms with Crippen LogP contribution in [0.2, 0.25) is 0 Å². The summed E-state index contributed by atoms with van der Waals surface area (Å²) in [7, 11) is 2.71. The van der Waals surface area contributed by atoms with Gasteiger partial charge >= 0.3 is 11.7 Å². The highest BCUT2D eigenvalue weighted by molar-refractivity contribution is 5.79. The van der Waals surface area contributed by atoms with Crippen LogP contribution in [0.1, 0.15) is 18.4 Å². The van der Waals surface area contributed by atoms with Crippen LogP contribution in [0.3, 0.4) is 0 Å². The smallest absolute Gasteiger partial charge is 0.332 e. The van der Waals surface area contributed by atoms with Crippen molar-refractivity contribution in [1.29, 1.82) is 5.26 Å². The number of rotatable bonds is 2. The van der Waals surface area contributed by atoms with Gasteiger partial charge in [-0.3, -0.25) is 13.9 Å². The van der Waals surface area contributed by atoms with Crippen molar-refractivity contribution in [2.45, 2.75) is 18.9 Å². The van der Waals surface area contributed by atoms with Gasteiger partial charge in [0.15, 0.2) is 5.56 Å². The first-order valence-electron chi connectivity index (χ1n) is 6.09. The monoisotopic (exact) mass is 278 g/mol. The largest absolute Gasteiger partial charge is 0.480 e. The second kappa shape index (κ2) is 4.85. The van der Waals surface area contributed by atoms with Gasteiger partial charge in [-0.2, -0.15) is 5.26 Å². The number of aliphatic carboxylic acids is 1. The number of hydrogen-bond donors (Lipinski definition) is 1.